The molecule has 2 heterocycles. The standard InChI is InChI=1S/C17H24N4O4/c1-11-17(21(24)25)12(2)20(18-11)10-8-16(23)19-9-4-6-14(19)13-5-3-7-15(13)22/h13-14H,3-10H2,1-2H3/t13-,14-/m0/s1. The average molecular weight is 348 g/mol. The Bertz CT molecular complexity index is 712. The number of hydrogen-bond acceptors (Lipinski definition) is 5. The van der Waals surface area contributed by atoms with Crippen LogP contribution in [0.15, 0.2) is 0 Å². The maximum absolute atomic E-state index is 12.7. The van der Waals surface area contributed by atoms with Crippen LogP contribution in [0.2, 0.25) is 0 Å². The van der Waals surface area contributed by atoms with Crippen LogP contribution in [-0.4, -0.2) is 43.9 Å². The molecule has 2 fully saturated rings. The summed E-state index contributed by atoms with van der Waals surface area (Å²) in [5.74, 6) is 0.303. The molecule has 1 saturated heterocycles. The molecule has 1 amide bonds. The monoisotopic (exact) mass is 348 g/mol. The number of aromatic nitrogens is 2. The van der Waals surface area contributed by atoms with Gasteiger partial charge in [-0.2, -0.15) is 5.10 Å². The second-order valence-electron chi connectivity index (χ2n) is 7.01. The van der Waals surface area contributed by atoms with Gasteiger partial charge in [0.25, 0.3) is 0 Å². The summed E-state index contributed by atoms with van der Waals surface area (Å²) in [6.07, 6.45) is 4.53. The van der Waals surface area contributed by atoms with Crippen LogP contribution in [-0.2, 0) is 16.1 Å². The molecule has 0 unspecified atom stereocenters. The van der Waals surface area contributed by atoms with Gasteiger partial charge in [0.05, 0.1) is 11.5 Å². The molecular weight excluding hydrogens is 324 g/mol. The lowest BCUT2D eigenvalue weighted by Gasteiger charge is -2.28. The number of ketones is 1. The fraction of sp³-hybridized carbons (Fsp3) is 0.706. The lowest BCUT2D eigenvalue weighted by Crippen LogP contribution is -2.41. The Labute approximate surface area is 146 Å². The van der Waals surface area contributed by atoms with Crippen molar-refractivity contribution in [1.29, 1.82) is 0 Å². The van der Waals surface area contributed by atoms with E-state index in [1.807, 2.05) is 4.90 Å². The van der Waals surface area contributed by atoms with Crippen LogP contribution in [0.1, 0.15) is 49.9 Å². The average Bonchev–Trinajstić information content (AvgIpc) is 3.24. The number of hydrogen-bond donors (Lipinski definition) is 0. The van der Waals surface area contributed by atoms with E-state index in [-0.39, 0.29) is 30.0 Å². The quantitative estimate of drug-likeness (QED) is 0.600. The molecule has 0 bridgehead atoms. The number of Topliss-reactive ketones (excluding diaryl/α,β-unsaturated/α-hetero) is 1. The highest BCUT2D eigenvalue weighted by Crippen LogP contribution is 2.33. The minimum absolute atomic E-state index is 0.00113. The second-order valence-corrected chi connectivity index (χ2v) is 7.01. The fourth-order valence-corrected chi connectivity index (χ4v) is 4.28. The molecule has 2 atom stereocenters. The van der Waals surface area contributed by atoms with E-state index in [4.69, 9.17) is 0 Å². The van der Waals surface area contributed by atoms with Crippen LogP contribution in [0.4, 0.5) is 5.69 Å². The van der Waals surface area contributed by atoms with E-state index >= 15 is 0 Å². The molecule has 1 aromatic heterocycles. The molecule has 0 N–H and O–H groups in total. The van der Waals surface area contributed by atoms with Crippen molar-refractivity contribution in [3.8, 4) is 0 Å². The van der Waals surface area contributed by atoms with Gasteiger partial charge in [0, 0.05) is 31.3 Å². The zero-order valence-corrected chi connectivity index (χ0v) is 14.7. The number of carbonyl (C=O) groups is 2. The summed E-state index contributed by atoms with van der Waals surface area (Å²) in [5, 5.41) is 15.3. The van der Waals surface area contributed by atoms with E-state index in [1.54, 1.807) is 13.8 Å². The van der Waals surface area contributed by atoms with E-state index < -0.39 is 4.92 Å². The lowest BCUT2D eigenvalue weighted by atomic mass is 9.95. The largest absolute Gasteiger partial charge is 0.339 e. The Morgan fingerprint density at radius 3 is 2.68 bits per heavy atom. The zero-order valence-electron chi connectivity index (χ0n) is 14.7. The summed E-state index contributed by atoms with van der Waals surface area (Å²) in [6, 6.07) is 0.0392. The van der Waals surface area contributed by atoms with Gasteiger partial charge in [-0.3, -0.25) is 24.4 Å². The first-order chi connectivity index (χ1) is 11.9. The minimum Gasteiger partial charge on any atom is -0.339 e. The van der Waals surface area contributed by atoms with Crippen LogP contribution in [0.3, 0.4) is 0 Å². The zero-order chi connectivity index (χ0) is 18.1. The molecule has 0 aromatic carbocycles. The summed E-state index contributed by atoms with van der Waals surface area (Å²) in [7, 11) is 0. The molecule has 0 radical (unpaired) electrons. The van der Waals surface area contributed by atoms with Gasteiger partial charge < -0.3 is 4.90 Å². The topological polar surface area (TPSA) is 98.3 Å². The maximum Gasteiger partial charge on any atom is 0.312 e. The van der Waals surface area contributed by atoms with Crippen LogP contribution < -0.4 is 0 Å². The first kappa shape index (κ1) is 17.6. The summed E-state index contributed by atoms with van der Waals surface area (Å²) in [6.45, 7) is 4.27. The van der Waals surface area contributed by atoms with Gasteiger partial charge >= 0.3 is 5.69 Å². The van der Waals surface area contributed by atoms with Crippen LogP contribution in [0.5, 0.6) is 0 Å². The molecule has 8 heteroatoms. The summed E-state index contributed by atoms with van der Waals surface area (Å²) in [5.41, 5.74) is 0.854. The molecule has 136 valence electrons. The SMILES string of the molecule is Cc1nn(CCC(=O)N2CCC[C@H]2[C@@H]2CCCC2=O)c(C)c1[N+](=O)[O-]. The van der Waals surface area contributed by atoms with Gasteiger partial charge in [-0.15, -0.1) is 0 Å². The van der Waals surface area contributed by atoms with Crippen molar-refractivity contribution < 1.29 is 14.5 Å². The van der Waals surface area contributed by atoms with Crippen molar-refractivity contribution in [3.63, 3.8) is 0 Å². The van der Waals surface area contributed by atoms with Gasteiger partial charge in [0.2, 0.25) is 5.91 Å². The molecule has 1 saturated carbocycles. The molecule has 3 rings (SSSR count). The van der Waals surface area contributed by atoms with E-state index in [2.05, 4.69) is 5.10 Å². The number of nitrogens with zero attached hydrogens (tertiary/aromatic N) is 4. The van der Waals surface area contributed by atoms with E-state index in [9.17, 15) is 19.7 Å². The number of carbonyl (C=O) groups excluding carboxylic acids is 2. The predicted molar refractivity (Wildman–Crippen MR) is 90.1 cm³/mol. The highest BCUT2D eigenvalue weighted by atomic mass is 16.6. The van der Waals surface area contributed by atoms with E-state index in [1.165, 1.54) is 4.68 Å². The number of nitro groups is 1. The third kappa shape index (κ3) is 3.29. The first-order valence-electron chi connectivity index (χ1n) is 8.90. The van der Waals surface area contributed by atoms with Crippen LogP contribution in [0, 0.1) is 29.9 Å². The van der Waals surface area contributed by atoms with Crippen molar-refractivity contribution in [3.05, 3.63) is 21.5 Å². The Hall–Kier alpha value is -2.25. The third-order valence-corrected chi connectivity index (χ3v) is 5.50. The van der Waals surface area contributed by atoms with Crippen molar-refractivity contribution in [2.24, 2.45) is 5.92 Å². The van der Waals surface area contributed by atoms with E-state index in [0.717, 1.165) is 25.7 Å². The van der Waals surface area contributed by atoms with Gasteiger partial charge in [-0.1, -0.05) is 0 Å². The van der Waals surface area contributed by atoms with Gasteiger partial charge in [-0.25, -0.2) is 0 Å². The predicted octanol–water partition coefficient (Wildman–Crippen LogP) is 2.16. The third-order valence-electron chi connectivity index (χ3n) is 5.50. The van der Waals surface area contributed by atoms with Crippen molar-refractivity contribution in [2.45, 2.75) is 65.0 Å². The molecule has 1 aromatic rings. The Morgan fingerprint density at radius 2 is 2.08 bits per heavy atom. The van der Waals surface area contributed by atoms with Crippen molar-refractivity contribution in [2.75, 3.05) is 6.54 Å². The molecular formula is C17H24N4O4. The Morgan fingerprint density at radius 1 is 1.32 bits per heavy atom. The fourth-order valence-electron chi connectivity index (χ4n) is 4.28. The molecule has 25 heavy (non-hydrogen) atoms. The normalized spacial score (nSPS) is 23.4. The highest BCUT2D eigenvalue weighted by molar-refractivity contribution is 5.85. The molecule has 1 aliphatic carbocycles. The number of aryl methyl sites for hydroxylation is 2. The van der Waals surface area contributed by atoms with Crippen LogP contribution >= 0.6 is 0 Å². The first-order valence-corrected chi connectivity index (χ1v) is 8.90. The lowest BCUT2D eigenvalue weighted by molar-refractivity contribution is -0.386. The smallest absolute Gasteiger partial charge is 0.312 e. The van der Waals surface area contributed by atoms with E-state index in [0.29, 0.717) is 36.7 Å². The minimum atomic E-state index is -0.432. The number of likely N-dealkylation sites (tertiary alicyclic amines) is 1. The molecule has 2 aliphatic rings. The number of rotatable bonds is 5. The Kier molecular flexibility index (Phi) is 4.87. The van der Waals surface area contributed by atoms with Crippen LogP contribution in [0.25, 0.3) is 0 Å². The van der Waals surface area contributed by atoms with Gasteiger partial charge in [-0.05, 0) is 39.5 Å². The summed E-state index contributed by atoms with van der Waals surface area (Å²) in [4.78, 5) is 37.2. The summed E-state index contributed by atoms with van der Waals surface area (Å²) < 4.78 is 1.54. The number of amides is 1. The van der Waals surface area contributed by atoms with Crippen molar-refractivity contribution >= 4 is 17.4 Å². The summed E-state index contributed by atoms with van der Waals surface area (Å²) >= 11 is 0. The van der Waals surface area contributed by atoms with Crippen molar-refractivity contribution in [1.82, 2.24) is 14.7 Å². The second kappa shape index (κ2) is 6.93. The molecule has 0 spiro atoms. The van der Waals surface area contributed by atoms with Gasteiger partial charge in [0.1, 0.15) is 17.2 Å². The van der Waals surface area contributed by atoms with Gasteiger partial charge in [0.15, 0.2) is 0 Å². The Balaban J connectivity index is 1.65. The molecule has 1 aliphatic heterocycles. The maximum atomic E-state index is 12.7. The highest BCUT2D eigenvalue weighted by Gasteiger charge is 2.39. The molecule has 8 nitrogen and oxygen atoms in total.